The maximum atomic E-state index is 5.08. The van der Waals surface area contributed by atoms with E-state index < -0.39 is 0 Å². The largest absolute Gasteiger partial charge is 0.337 e. The Kier molecular flexibility index (Phi) is 2.43. The smallest absolute Gasteiger partial charge is 0.223 e. The third-order valence-corrected chi connectivity index (χ3v) is 2.96. The Morgan fingerprint density at radius 1 is 1.20 bits per heavy atom. The standard InChI is InChI=1S/C13H9N5O2/c1-2-7-14-10(3-1)13-15-17-18(16-13)11-4-5-12-9(11)6-8-19-20-12/h1-7H,8H2. The summed E-state index contributed by atoms with van der Waals surface area (Å²) in [5, 5.41) is 12.4. The molecule has 4 rings (SSSR count). The molecule has 1 aliphatic carbocycles. The molecule has 2 aromatic heterocycles. The van der Waals surface area contributed by atoms with Crippen LogP contribution in [0.1, 0.15) is 0 Å². The molecule has 3 heterocycles. The number of pyridine rings is 1. The van der Waals surface area contributed by atoms with Gasteiger partial charge >= 0.3 is 0 Å². The number of aromatic nitrogens is 5. The maximum absolute atomic E-state index is 5.08. The fourth-order valence-electron chi connectivity index (χ4n) is 2.04. The summed E-state index contributed by atoms with van der Waals surface area (Å²) in [6.07, 6.45) is 7.28. The number of allylic oxidation sites excluding steroid dienone is 3. The van der Waals surface area contributed by atoms with Crippen molar-refractivity contribution in [3.05, 3.63) is 54.0 Å². The Labute approximate surface area is 113 Å². The van der Waals surface area contributed by atoms with Crippen molar-refractivity contribution in [1.82, 2.24) is 25.2 Å². The van der Waals surface area contributed by atoms with Gasteiger partial charge in [0.2, 0.25) is 5.82 Å². The molecule has 0 atom stereocenters. The van der Waals surface area contributed by atoms with Gasteiger partial charge < -0.3 is 4.89 Å². The molecule has 20 heavy (non-hydrogen) atoms. The monoisotopic (exact) mass is 267 g/mol. The van der Waals surface area contributed by atoms with E-state index in [9.17, 15) is 0 Å². The molecule has 2 aliphatic rings. The van der Waals surface area contributed by atoms with Gasteiger partial charge in [-0.2, -0.15) is 4.89 Å². The van der Waals surface area contributed by atoms with Crippen molar-refractivity contribution in [2.24, 2.45) is 0 Å². The van der Waals surface area contributed by atoms with E-state index in [4.69, 9.17) is 9.78 Å². The van der Waals surface area contributed by atoms with Gasteiger partial charge in [-0.15, -0.1) is 15.0 Å². The van der Waals surface area contributed by atoms with Gasteiger partial charge in [-0.3, -0.25) is 4.98 Å². The number of fused-ring (bicyclic) bond motifs is 1. The van der Waals surface area contributed by atoms with Crippen molar-refractivity contribution in [3.8, 4) is 11.5 Å². The van der Waals surface area contributed by atoms with Crippen LogP contribution in [0.4, 0.5) is 0 Å². The number of nitrogens with zero attached hydrogens (tertiary/aromatic N) is 5. The first-order chi connectivity index (χ1) is 9.92. The van der Waals surface area contributed by atoms with Gasteiger partial charge in [0.25, 0.3) is 0 Å². The van der Waals surface area contributed by atoms with Crippen molar-refractivity contribution < 1.29 is 9.78 Å². The lowest BCUT2D eigenvalue weighted by Crippen LogP contribution is -2.09. The first-order valence-electron chi connectivity index (χ1n) is 6.06. The lowest BCUT2D eigenvalue weighted by atomic mass is 10.2. The molecular weight excluding hydrogens is 258 g/mol. The summed E-state index contributed by atoms with van der Waals surface area (Å²) in [6.45, 7) is 0.395. The third-order valence-electron chi connectivity index (χ3n) is 2.96. The van der Waals surface area contributed by atoms with Crippen molar-refractivity contribution in [3.63, 3.8) is 0 Å². The lowest BCUT2D eigenvalue weighted by Gasteiger charge is -2.13. The average molecular weight is 267 g/mol. The van der Waals surface area contributed by atoms with Crippen LogP contribution in [-0.4, -0.2) is 31.8 Å². The molecule has 0 bridgehead atoms. The van der Waals surface area contributed by atoms with Crippen LogP contribution in [0, 0.1) is 0 Å². The van der Waals surface area contributed by atoms with Gasteiger partial charge in [-0.1, -0.05) is 6.07 Å². The number of hydrogen-bond donors (Lipinski definition) is 0. The Bertz CT molecular complexity index is 745. The van der Waals surface area contributed by atoms with Crippen LogP contribution >= 0.6 is 0 Å². The Hall–Kier alpha value is -2.80. The Balaban J connectivity index is 1.69. The SMILES string of the molecule is C1=C2OOCC=C2C(n2nnc(-c3ccccn3)n2)=C1. The van der Waals surface area contributed by atoms with Gasteiger partial charge in [0.1, 0.15) is 12.3 Å². The molecule has 0 amide bonds. The van der Waals surface area contributed by atoms with E-state index in [2.05, 4.69) is 20.4 Å². The molecule has 7 nitrogen and oxygen atoms in total. The van der Waals surface area contributed by atoms with Gasteiger partial charge in [0.15, 0.2) is 5.76 Å². The highest BCUT2D eigenvalue weighted by Gasteiger charge is 2.24. The number of tetrazole rings is 1. The highest BCUT2D eigenvalue weighted by atomic mass is 17.2. The van der Waals surface area contributed by atoms with E-state index in [-0.39, 0.29) is 0 Å². The molecular formula is C13H9N5O2. The molecule has 0 N–H and O–H groups in total. The van der Waals surface area contributed by atoms with Crippen LogP contribution in [-0.2, 0) is 9.78 Å². The average Bonchev–Trinajstić information content (AvgIpc) is 3.14. The van der Waals surface area contributed by atoms with Crippen LogP contribution in [0.25, 0.3) is 17.2 Å². The lowest BCUT2D eigenvalue weighted by molar-refractivity contribution is -0.254. The second kappa shape index (κ2) is 4.39. The van der Waals surface area contributed by atoms with Crippen LogP contribution in [0.3, 0.4) is 0 Å². The van der Waals surface area contributed by atoms with E-state index >= 15 is 0 Å². The molecule has 0 fully saturated rings. The topological polar surface area (TPSA) is 75.0 Å². The maximum Gasteiger partial charge on any atom is 0.223 e. The van der Waals surface area contributed by atoms with Gasteiger partial charge in [-0.05, 0) is 35.6 Å². The summed E-state index contributed by atoms with van der Waals surface area (Å²) in [6, 6.07) is 5.56. The minimum atomic E-state index is 0.395. The fraction of sp³-hybridized carbons (Fsp3) is 0.0769. The molecule has 98 valence electrons. The molecule has 0 saturated heterocycles. The normalized spacial score (nSPS) is 16.9. The molecule has 0 spiro atoms. The van der Waals surface area contributed by atoms with Gasteiger partial charge in [0, 0.05) is 11.8 Å². The second-order valence-corrected chi connectivity index (χ2v) is 4.19. The zero-order chi connectivity index (χ0) is 13.4. The van der Waals surface area contributed by atoms with Crippen LogP contribution < -0.4 is 0 Å². The summed E-state index contributed by atoms with van der Waals surface area (Å²) < 4.78 is 0. The predicted molar refractivity (Wildman–Crippen MR) is 68.5 cm³/mol. The van der Waals surface area contributed by atoms with Crippen LogP contribution in [0.2, 0.25) is 0 Å². The van der Waals surface area contributed by atoms with Crippen LogP contribution in [0.5, 0.6) is 0 Å². The van der Waals surface area contributed by atoms with Crippen molar-refractivity contribution in [1.29, 1.82) is 0 Å². The van der Waals surface area contributed by atoms with E-state index in [1.54, 1.807) is 6.20 Å². The van der Waals surface area contributed by atoms with E-state index in [0.29, 0.717) is 23.9 Å². The zero-order valence-corrected chi connectivity index (χ0v) is 10.3. The molecule has 0 radical (unpaired) electrons. The molecule has 0 unspecified atom stereocenters. The summed E-state index contributed by atoms with van der Waals surface area (Å²) in [5.74, 6) is 1.14. The second-order valence-electron chi connectivity index (χ2n) is 4.19. The fourth-order valence-corrected chi connectivity index (χ4v) is 2.04. The van der Waals surface area contributed by atoms with Crippen molar-refractivity contribution in [2.45, 2.75) is 0 Å². The molecule has 0 aromatic carbocycles. The molecule has 1 aliphatic heterocycles. The highest BCUT2D eigenvalue weighted by molar-refractivity contribution is 5.75. The van der Waals surface area contributed by atoms with Crippen molar-refractivity contribution in [2.75, 3.05) is 6.61 Å². The van der Waals surface area contributed by atoms with E-state index in [1.165, 1.54) is 4.80 Å². The highest BCUT2D eigenvalue weighted by Crippen LogP contribution is 2.31. The van der Waals surface area contributed by atoms with Crippen LogP contribution in [0.15, 0.2) is 54.0 Å². The zero-order valence-electron chi connectivity index (χ0n) is 10.3. The summed E-state index contributed by atoms with van der Waals surface area (Å²) in [5.41, 5.74) is 2.39. The minimum absolute atomic E-state index is 0.395. The number of rotatable bonds is 2. The predicted octanol–water partition coefficient (Wildman–Crippen LogP) is 1.36. The Morgan fingerprint density at radius 2 is 2.20 bits per heavy atom. The molecule has 2 aromatic rings. The summed E-state index contributed by atoms with van der Waals surface area (Å²) in [4.78, 5) is 15.6. The summed E-state index contributed by atoms with van der Waals surface area (Å²) >= 11 is 0. The first kappa shape index (κ1) is 11.1. The van der Waals surface area contributed by atoms with Gasteiger partial charge in [-0.25, -0.2) is 0 Å². The molecule has 7 heteroatoms. The minimum Gasteiger partial charge on any atom is -0.337 e. The van der Waals surface area contributed by atoms with E-state index in [1.807, 2.05) is 36.4 Å². The summed E-state index contributed by atoms with van der Waals surface area (Å²) in [7, 11) is 0. The van der Waals surface area contributed by atoms with E-state index in [0.717, 1.165) is 11.3 Å². The van der Waals surface area contributed by atoms with Gasteiger partial charge in [0.05, 0.1) is 5.70 Å². The molecule has 0 saturated carbocycles. The quantitative estimate of drug-likeness (QED) is 0.765. The Morgan fingerprint density at radius 3 is 3.10 bits per heavy atom. The first-order valence-corrected chi connectivity index (χ1v) is 6.06. The third kappa shape index (κ3) is 1.72. The van der Waals surface area contributed by atoms with Crippen molar-refractivity contribution >= 4 is 5.70 Å². The number of hydrogen-bond acceptors (Lipinski definition) is 6.